The molecule has 5 nitrogen and oxygen atoms in total. The molecule has 2 N–H and O–H groups in total. The fourth-order valence-electron chi connectivity index (χ4n) is 2.54. The molecule has 2 aliphatic carbocycles. The highest BCUT2D eigenvalue weighted by molar-refractivity contribution is 5.85. The molecule has 2 rings (SSSR count). The first-order chi connectivity index (χ1) is 8.65. The van der Waals surface area contributed by atoms with Crippen molar-refractivity contribution in [1.29, 1.82) is 0 Å². The number of carbonyl (C=O) groups is 2. The van der Waals surface area contributed by atoms with E-state index in [2.05, 4.69) is 0 Å². The van der Waals surface area contributed by atoms with Crippen molar-refractivity contribution < 1.29 is 19.8 Å². The number of allylic oxidation sites excluding steroid dienone is 2. The van der Waals surface area contributed by atoms with Crippen LogP contribution in [-0.2, 0) is 9.59 Å². The molecule has 1 fully saturated rings. The van der Waals surface area contributed by atoms with Gasteiger partial charge in [-0.05, 0) is 25.7 Å². The van der Waals surface area contributed by atoms with E-state index in [0.29, 0.717) is 19.4 Å². The Balaban J connectivity index is 2.09. The Morgan fingerprint density at radius 3 is 2.28 bits per heavy atom. The van der Waals surface area contributed by atoms with E-state index >= 15 is 0 Å². The molecule has 0 heterocycles. The zero-order chi connectivity index (χ0) is 13.1. The van der Waals surface area contributed by atoms with E-state index in [1.807, 2.05) is 12.2 Å². The van der Waals surface area contributed by atoms with Gasteiger partial charge in [-0.15, -0.1) is 0 Å². The molecule has 1 amide bonds. The summed E-state index contributed by atoms with van der Waals surface area (Å²) in [6.07, 6.45) is 6.55. The summed E-state index contributed by atoms with van der Waals surface area (Å²) in [7, 11) is 0. The summed E-state index contributed by atoms with van der Waals surface area (Å²) in [5, 5.41) is 18.2. The van der Waals surface area contributed by atoms with Crippen LogP contribution in [0.15, 0.2) is 12.2 Å². The standard InChI is InChI=1S/C13H19NO4/c15-8-7-14(9-5-6-9)12(16)10-3-1-2-4-11(10)13(17)18/h1-2,9-11,15H,3-8H2,(H,17,18)/t10-,11+/m1/s1. The number of aliphatic hydroxyl groups is 1. The van der Waals surface area contributed by atoms with Gasteiger partial charge in [-0.3, -0.25) is 9.59 Å². The SMILES string of the molecule is O=C(O)[C@H]1CC=CC[C@H]1C(=O)N(CCO)C1CC1. The van der Waals surface area contributed by atoms with Crippen molar-refractivity contribution >= 4 is 11.9 Å². The number of aliphatic hydroxyl groups excluding tert-OH is 1. The lowest BCUT2D eigenvalue weighted by Crippen LogP contribution is -2.44. The number of hydrogen-bond donors (Lipinski definition) is 2. The van der Waals surface area contributed by atoms with Crippen LogP contribution in [0.4, 0.5) is 0 Å². The molecule has 1 saturated carbocycles. The summed E-state index contributed by atoms with van der Waals surface area (Å²) in [5.74, 6) is -2.11. The van der Waals surface area contributed by atoms with Crippen LogP contribution in [0.3, 0.4) is 0 Å². The number of amides is 1. The van der Waals surface area contributed by atoms with Crippen LogP contribution in [0.1, 0.15) is 25.7 Å². The van der Waals surface area contributed by atoms with Gasteiger partial charge in [0.1, 0.15) is 0 Å². The largest absolute Gasteiger partial charge is 0.481 e. The molecule has 2 aliphatic rings. The van der Waals surface area contributed by atoms with Crippen molar-refractivity contribution in [3.05, 3.63) is 12.2 Å². The molecular weight excluding hydrogens is 234 g/mol. The summed E-state index contributed by atoms with van der Waals surface area (Å²) in [4.78, 5) is 25.2. The smallest absolute Gasteiger partial charge is 0.307 e. The van der Waals surface area contributed by atoms with Crippen molar-refractivity contribution in [2.75, 3.05) is 13.2 Å². The van der Waals surface area contributed by atoms with E-state index in [9.17, 15) is 9.59 Å². The lowest BCUT2D eigenvalue weighted by molar-refractivity contribution is -0.151. The van der Waals surface area contributed by atoms with Crippen LogP contribution >= 0.6 is 0 Å². The number of carbonyl (C=O) groups excluding carboxylic acids is 1. The van der Waals surface area contributed by atoms with Gasteiger partial charge in [-0.2, -0.15) is 0 Å². The maximum Gasteiger partial charge on any atom is 0.307 e. The number of nitrogens with zero attached hydrogens (tertiary/aromatic N) is 1. The van der Waals surface area contributed by atoms with Gasteiger partial charge in [-0.1, -0.05) is 12.2 Å². The Morgan fingerprint density at radius 2 is 1.78 bits per heavy atom. The third-order valence-corrected chi connectivity index (χ3v) is 3.68. The minimum atomic E-state index is -0.905. The summed E-state index contributed by atoms with van der Waals surface area (Å²) in [5.41, 5.74) is 0. The van der Waals surface area contributed by atoms with E-state index in [4.69, 9.17) is 10.2 Å². The van der Waals surface area contributed by atoms with Crippen LogP contribution in [0.25, 0.3) is 0 Å². The summed E-state index contributed by atoms with van der Waals surface area (Å²) in [6.45, 7) is 0.249. The number of hydrogen-bond acceptors (Lipinski definition) is 3. The molecule has 0 unspecified atom stereocenters. The first kappa shape index (κ1) is 13.1. The molecule has 0 spiro atoms. The molecule has 18 heavy (non-hydrogen) atoms. The van der Waals surface area contributed by atoms with Crippen molar-refractivity contribution in [3.8, 4) is 0 Å². The second-order valence-electron chi connectivity index (χ2n) is 4.98. The maximum absolute atomic E-state index is 12.4. The van der Waals surface area contributed by atoms with Crippen molar-refractivity contribution in [1.82, 2.24) is 4.90 Å². The predicted octanol–water partition coefficient (Wildman–Crippen LogP) is 0.637. The van der Waals surface area contributed by atoms with Gasteiger partial charge in [0.25, 0.3) is 0 Å². The van der Waals surface area contributed by atoms with Crippen LogP contribution < -0.4 is 0 Å². The number of rotatable bonds is 5. The van der Waals surface area contributed by atoms with Crippen LogP contribution in [-0.4, -0.2) is 46.2 Å². The maximum atomic E-state index is 12.4. The van der Waals surface area contributed by atoms with E-state index in [1.165, 1.54) is 0 Å². The Labute approximate surface area is 106 Å². The molecule has 0 aromatic rings. The second kappa shape index (κ2) is 5.52. The van der Waals surface area contributed by atoms with Crippen molar-refractivity contribution in [3.63, 3.8) is 0 Å². The van der Waals surface area contributed by atoms with Gasteiger partial charge < -0.3 is 15.1 Å². The molecule has 0 aromatic carbocycles. The third kappa shape index (κ3) is 2.72. The second-order valence-corrected chi connectivity index (χ2v) is 4.98. The minimum absolute atomic E-state index is 0.0669. The zero-order valence-corrected chi connectivity index (χ0v) is 10.3. The van der Waals surface area contributed by atoms with E-state index in [0.717, 1.165) is 12.8 Å². The summed E-state index contributed by atoms with van der Waals surface area (Å²) in [6, 6.07) is 0.213. The monoisotopic (exact) mass is 253 g/mol. The Morgan fingerprint density at radius 1 is 1.17 bits per heavy atom. The first-order valence-corrected chi connectivity index (χ1v) is 6.44. The van der Waals surface area contributed by atoms with Gasteiger partial charge in [0.2, 0.25) is 5.91 Å². The van der Waals surface area contributed by atoms with Gasteiger partial charge >= 0.3 is 5.97 Å². The van der Waals surface area contributed by atoms with Crippen LogP contribution in [0, 0.1) is 11.8 Å². The minimum Gasteiger partial charge on any atom is -0.481 e. The van der Waals surface area contributed by atoms with Gasteiger partial charge in [-0.25, -0.2) is 0 Å². The number of carboxylic acid groups (broad SMARTS) is 1. The van der Waals surface area contributed by atoms with E-state index in [1.54, 1.807) is 4.90 Å². The van der Waals surface area contributed by atoms with E-state index in [-0.39, 0.29) is 18.6 Å². The van der Waals surface area contributed by atoms with Crippen molar-refractivity contribution in [2.24, 2.45) is 11.8 Å². The lowest BCUT2D eigenvalue weighted by Gasteiger charge is -2.30. The first-order valence-electron chi connectivity index (χ1n) is 6.44. The molecule has 0 bridgehead atoms. The Kier molecular flexibility index (Phi) is 4.01. The average molecular weight is 253 g/mol. The molecule has 0 aliphatic heterocycles. The zero-order valence-electron chi connectivity index (χ0n) is 10.3. The highest BCUT2D eigenvalue weighted by atomic mass is 16.4. The molecule has 5 heteroatoms. The highest BCUT2D eigenvalue weighted by Gasteiger charge is 2.40. The third-order valence-electron chi connectivity index (χ3n) is 3.68. The molecule has 2 atom stereocenters. The topological polar surface area (TPSA) is 77.8 Å². The molecule has 0 radical (unpaired) electrons. The number of aliphatic carboxylic acids is 1. The van der Waals surface area contributed by atoms with Gasteiger partial charge in [0, 0.05) is 12.6 Å². The quantitative estimate of drug-likeness (QED) is 0.705. The van der Waals surface area contributed by atoms with E-state index < -0.39 is 17.8 Å². The Bertz CT molecular complexity index is 362. The molecule has 0 saturated heterocycles. The fourth-order valence-corrected chi connectivity index (χ4v) is 2.54. The van der Waals surface area contributed by atoms with Crippen LogP contribution in [0.2, 0.25) is 0 Å². The van der Waals surface area contributed by atoms with Gasteiger partial charge in [0.05, 0.1) is 18.4 Å². The number of carboxylic acids is 1. The fraction of sp³-hybridized carbons (Fsp3) is 0.692. The predicted molar refractivity (Wildman–Crippen MR) is 64.8 cm³/mol. The molecule has 0 aromatic heterocycles. The Hall–Kier alpha value is -1.36. The van der Waals surface area contributed by atoms with Crippen molar-refractivity contribution in [2.45, 2.75) is 31.7 Å². The van der Waals surface area contributed by atoms with Crippen LogP contribution in [0.5, 0.6) is 0 Å². The molecular formula is C13H19NO4. The molecule has 100 valence electrons. The van der Waals surface area contributed by atoms with Gasteiger partial charge in [0.15, 0.2) is 0 Å². The summed E-state index contributed by atoms with van der Waals surface area (Å²) >= 11 is 0. The highest BCUT2D eigenvalue weighted by Crippen LogP contribution is 2.33. The lowest BCUT2D eigenvalue weighted by atomic mass is 9.82. The average Bonchev–Trinajstić information content (AvgIpc) is 3.19. The normalized spacial score (nSPS) is 26.9. The summed E-state index contributed by atoms with van der Waals surface area (Å²) < 4.78 is 0.